The summed E-state index contributed by atoms with van der Waals surface area (Å²) >= 11 is 0. The van der Waals surface area contributed by atoms with E-state index in [-0.39, 0.29) is 5.91 Å². The number of nitrogens with zero attached hydrogens (tertiary/aromatic N) is 2. The van der Waals surface area contributed by atoms with Crippen molar-refractivity contribution in [3.05, 3.63) is 41.1 Å². The first kappa shape index (κ1) is 19.2. The summed E-state index contributed by atoms with van der Waals surface area (Å²) in [6, 6.07) is 7.77. The number of likely N-dealkylation sites (N-methyl/N-ethyl adjacent to an activating group) is 1. The molecule has 1 amide bonds. The van der Waals surface area contributed by atoms with E-state index >= 15 is 0 Å². The van der Waals surface area contributed by atoms with Crippen LogP contribution in [0.2, 0.25) is 0 Å². The molecule has 4 N–H and O–H groups in total. The third-order valence-electron chi connectivity index (χ3n) is 5.77. The lowest BCUT2D eigenvalue weighted by molar-refractivity contribution is 0.0959. The van der Waals surface area contributed by atoms with E-state index < -0.39 is 0 Å². The Morgan fingerprint density at radius 2 is 2.14 bits per heavy atom. The maximum atomic E-state index is 12.5. The number of benzene rings is 1. The van der Waals surface area contributed by atoms with Crippen LogP contribution in [-0.4, -0.2) is 47.6 Å². The van der Waals surface area contributed by atoms with Gasteiger partial charge in [-0.05, 0) is 48.9 Å². The van der Waals surface area contributed by atoms with E-state index in [0.29, 0.717) is 17.5 Å². The van der Waals surface area contributed by atoms with Gasteiger partial charge in [0.15, 0.2) is 0 Å². The Bertz CT molecular complexity index is 1090. The fourth-order valence-corrected chi connectivity index (χ4v) is 4.02. The number of H-pyrrole nitrogens is 2. The van der Waals surface area contributed by atoms with Crippen molar-refractivity contribution < 1.29 is 4.79 Å². The van der Waals surface area contributed by atoms with E-state index in [1.807, 2.05) is 18.2 Å². The monoisotopic (exact) mass is 392 g/mol. The maximum Gasteiger partial charge on any atom is 0.251 e. The summed E-state index contributed by atoms with van der Waals surface area (Å²) in [6.45, 7) is 4.98. The molecule has 2 aromatic heterocycles. The van der Waals surface area contributed by atoms with E-state index in [0.717, 1.165) is 47.4 Å². The predicted octanol–water partition coefficient (Wildman–Crippen LogP) is 3.05. The Labute approximate surface area is 170 Å². The number of rotatable bonds is 4. The van der Waals surface area contributed by atoms with Crippen LogP contribution >= 0.6 is 0 Å². The summed E-state index contributed by atoms with van der Waals surface area (Å²) in [5.74, 6) is 0.611. The van der Waals surface area contributed by atoms with Gasteiger partial charge in [0.1, 0.15) is 11.5 Å². The van der Waals surface area contributed by atoms with Gasteiger partial charge < -0.3 is 15.6 Å². The number of carbonyl (C=O) groups excluding carboxylic acids is 1. The van der Waals surface area contributed by atoms with Gasteiger partial charge in [-0.1, -0.05) is 13.8 Å². The number of amidine groups is 1. The Morgan fingerprint density at radius 3 is 2.90 bits per heavy atom. The van der Waals surface area contributed by atoms with Crippen LogP contribution in [0.5, 0.6) is 0 Å². The van der Waals surface area contributed by atoms with Crippen LogP contribution < -0.4 is 10.6 Å². The van der Waals surface area contributed by atoms with Crippen molar-refractivity contribution in [2.75, 3.05) is 20.6 Å². The van der Waals surface area contributed by atoms with Crippen molar-refractivity contribution in [2.24, 2.45) is 10.4 Å². The lowest BCUT2D eigenvalue weighted by Gasteiger charge is -2.28. The number of aromatic nitrogens is 3. The zero-order chi connectivity index (χ0) is 20.6. The largest absolute Gasteiger partial charge is 0.375 e. The molecule has 0 radical (unpaired) electrons. The normalized spacial score (nSPS) is 15.9. The van der Waals surface area contributed by atoms with Crippen LogP contribution in [0.25, 0.3) is 22.3 Å². The summed E-state index contributed by atoms with van der Waals surface area (Å²) in [6.07, 6.45) is 3.21. The van der Waals surface area contributed by atoms with Crippen molar-refractivity contribution in [3.8, 4) is 11.4 Å². The number of amides is 1. The van der Waals surface area contributed by atoms with Gasteiger partial charge in [0, 0.05) is 41.8 Å². The molecule has 0 fully saturated rings. The van der Waals surface area contributed by atoms with E-state index in [4.69, 9.17) is 0 Å². The van der Waals surface area contributed by atoms with Crippen molar-refractivity contribution in [1.29, 1.82) is 0 Å². The first-order valence-electron chi connectivity index (χ1n) is 10.0. The molecule has 0 unspecified atom stereocenters. The molecule has 0 saturated carbocycles. The van der Waals surface area contributed by atoms with Gasteiger partial charge in [0.2, 0.25) is 0 Å². The molecular weight excluding hydrogens is 364 g/mol. The van der Waals surface area contributed by atoms with Crippen LogP contribution in [0.15, 0.2) is 29.3 Å². The van der Waals surface area contributed by atoms with Crippen molar-refractivity contribution in [3.63, 3.8) is 0 Å². The van der Waals surface area contributed by atoms with E-state index in [2.05, 4.69) is 50.7 Å². The highest BCUT2D eigenvalue weighted by Gasteiger charge is 2.29. The van der Waals surface area contributed by atoms with Crippen LogP contribution in [0.3, 0.4) is 0 Å². The zero-order valence-corrected chi connectivity index (χ0v) is 17.4. The molecule has 1 aliphatic carbocycles. The third kappa shape index (κ3) is 3.77. The Hall–Kier alpha value is -3.09. The molecular formula is C22H28N6O. The number of nitrogens with one attached hydrogen (secondary N) is 4. The highest BCUT2D eigenvalue weighted by molar-refractivity contribution is 6.00. The summed E-state index contributed by atoms with van der Waals surface area (Å²) in [4.78, 5) is 20.0. The quantitative estimate of drug-likeness (QED) is 0.406. The molecule has 0 aliphatic heterocycles. The second-order valence-electron chi connectivity index (χ2n) is 8.46. The van der Waals surface area contributed by atoms with Crippen molar-refractivity contribution >= 4 is 22.6 Å². The summed E-state index contributed by atoms with van der Waals surface area (Å²) in [5, 5.41) is 14.7. The number of fused-ring (bicyclic) bond motifs is 2. The first-order valence-corrected chi connectivity index (χ1v) is 10.0. The standard InChI is InChI=1S/C22H28N6O/c1-22(2)8-7-15-18(11-22)27-28-20(15)17-10-14-9-13(5-6-16(14)26-17)21(29)25-12-19(23-3)24-4/h5-6,9-10,26H,7-8,11-12H2,1-4H3,(H,23,24)(H,25,29)(H,27,28). The third-order valence-corrected chi connectivity index (χ3v) is 5.77. The van der Waals surface area contributed by atoms with E-state index in [9.17, 15) is 4.79 Å². The number of aliphatic imine (C=N–C) groups is 1. The molecule has 1 aromatic carbocycles. The molecule has 3 aromatic rings. The lowest BCUT2D eigenvalue weighted by Crippen LogP contribution is -2.35. The van der Waals surface area contributed by atoms with Crippen LogP contribution in [0, 0.1) is 5.41 Å². The smallest absolute Gasteiger partial charge is 0.251 e. The molecule has 0 saturated heterocycles. The molecule has 2 heterocycles. The molecule has 152 valence electrons. The molecule has 29 heavy (non-hydrogen) atoms. The van der Waals surface area contributed by atoms with Gasteiger partial charge in [-0.15, -0.1) is 0 Å². The zero-order valence-electron chi connectivity index (χ0n) is 17.4. The SMILES string of the molecule is CN=C(CNC(=O)c1ccc2[nH]c(-c3n[nH]c4c3CCC(C)(C)C4)cc2c1)NC. The van der Waals surface area contributed by atoms with Crippen molar-refractivity contribution in [2.45, 2.75) is 33.1 Å². The minimum Gasteiger partial charge on any atom is -0.375 e. The number of hydrogen-bond acceptors (Lipinski definition) is 3. The average molecular weight is 393 g/mol. The number of carbonyl (C=O) groups is 1. The van der Waals surface area contributed by atoms with Gasteiger partial charge in [0.25, 0.3) is 5.91 Å². The van der Waals surface area contributed by atoms with Crippen LogP contribution in [-0.2, 0) is 12.8 Å². The first-order chi connectivity index (χ1) is 13.9. The second kappa shape index (κ2) is 7.39. The predicted molar refractivity (Wildman–Crippen MR) is 116 cm³/mol. The van der Waals surface area contributed by atoms with Gasteiger partial charge >= 0.3 is 0 Å². The van der Waals surface area contributed by atoms with Gasteiger partial charge in [-0.3, -0.25) is 14.9 Å². The lowest BCUT2D eigenvalue weighted by atomic mass is 9.76. The fraction of sp³-hybridized carbons (Fsp3) is 0.409. The van der Waals surface area contributed by atoms with Crippen molar-refractivity contribution in [1.82, 2.24) is 25.8 Å². The minimum atomic E-state index is -0.120. The molecule has 0 spiro atoms. The van der Waals surface area contributed by atoms with E-state index in [1.54, 1.807) is 14.1 Å². The molecule has 1 aliphatic rings. The van der Waals surface area contributed by atoms with Gasteiger partial charge in [0.05, 0.1) is 12.2 Å². The molecule has 0 bridgehead atoms. The van der Waals surface area contributed by atoms with Crippen LogP contribution in [0.4, 0.5) is 0 Å². The Kier molecular flexibility index (Phi) is 4.90. The molecule has 7 nitrogen and oxygen atoms in total. The summed E-state index contributed by atoms with van der Waals surface area (Å²) < 4.78 is 0. The summed E-state index contributed by atoms with van der Waals surface area (Å²) in [5.41, 5.74) is 6.48. The van der Waals surface area contributed by atoms with E-state index in [1.165, 1.54) is 11.3 Å². The Balaban J connectivity index is 1.58. The molecule has 7 heteroatoms. The highest BCUT2D eigenvalue weighted by Crippen LogP contribution is 2.38. The Morgan fingerprint density at radius 1 is 1.31 bits per heavy atom. The molecule has 0 atom stereocenters. The van der Waals surface area contributed by atoms with Gasteiger partial charge in [-0.25, -0.2) is 0 Å². The van der Waals surface area contributed by atoms with Crippen LogP contribution in [0.1, 0.15) is 41.9 Å². The average Bonchev–Trinajstić information content (AvgIpc) is 3.30. The maximum absolute atomic E-state index is 12.5. The summed E-state index contributed by atoms with van der Waals surface area (Å²) in [7, 11) is 3.48. The molecule has 4 rings (SSSR count). The topological polar surface area (TPSA) is 98.0 Å². The fourth-order valence-electron chi connectivity index (χ4n) is 4.02. The number of aromatic amines is 2. The minimum absolute atomic E-state index is 0.120. The number of hydrogen-bond donors (Lipinski definition) is 4. The highest BCUT2D eigenvalue weighted by atomic mass is 16.1. The second-order valence-corrected chi connectivity index (χ2v) is 8.46. The van der Waals surface area contributed by atoms with Gasteiger partial charge in [-0.2, -0.15) is 5.10 Å².